The lowest BCUT2D eigenvalue weighted by Gasteiger charge is -2.38. The molecule has 1 aliphatic heterocycles. The van der Waals surface area contributed by atoms with Crippen molar-refractivity contribution in [3.63, 3.8) is 0 Å². The standard InChI is InChI=1S/C21H29F4N5O/c1-27-17(20(29-26)19-16(22)7-9-18(28-19)21(23,24)25)8-4-14-2-5-15(6-3-14)30-10-12-31-13-11-30/h7-9,14-15,27H,2-6,10-13,26H2,1H3/b17-8+,29-20+. The predicted octanol–water partition coefficient (Wildman–Crippen LogP) is 3.29. The zero-order valence-corrected chi connectivity index (χ0v) is 17.6. The lowest BCUT2D eigenvalue weighted by molar-refractivity contribution is -0.141. The number of morpholine rings is 1. The highest BCUT2D eigenvalue weighted by Crippen LogP contribution is 2.31. The molecule has 1 aromatic heterocycles. The third kappa shape index (κ3) is 5.94. The highest BCUT2D eigenvalue weighted by Gasteiger charge is 2.34. The quantitative estimate of drug-likeness (QED) is 0.306. The van der Waals surface area contributed by atoms with Crippen LogP contribution in [-0.4, -0.2) is 55.0 Å². The molecule has 1 saturated carbocycles. The summed E-state index contributed by atoms with van der Waals surface area (Å²) in [5.41, 5.74) is -1.48. The molecular formula is C21H29F4N5O. The molecule has 3 rings (SSSR count). The van der Waals surface area contributed by atoms with E-state index in [1.165, 1.54) is 0 Å². The van der Waals surface area contributed by atoms with Crippen molar-refractivity contribution in [1.82, 2.24) is 15.2 Å². The van der Waals surface area contributed by atoms with Crippen molar-refractivity contribution in [1.29, 1.82) is 0 Å². The average Bonchev–Trinajstić information content (AvgIpc) is 2.77. The van der Waals surface area contributed by atoms with Gasteiger partial charge in [0.1, 0.15) is 17.1 Å². The van der Waals surface area contributed by atoms with Gasteiger partial charge in [0.2, 0.25) is 0 Å². The second-order valence-electron chi connectivity index (χ2n) is 7.93. The summed E-state index contributed by atoms with van der Waals surface area (Å²) >= 11 is 0. The molecule has 2 heterocycles. The van der Waals surface area contributed by atoms with Crippen LogP contribution in [0.5, 0.6) is 0 Å². The molecular weight excluding hydrogens is 414 g/mol. The first-order valence-electron chi connectivity index (χ1n) is 10.6. The molecule has 2 aliphatic rings. The number of hydrogen-bond donors (Lipinski definition) is 2. The van der Waals surface area contributed by atoms with E-state index in [4.69, 9.17) is 10.6 Å². The van der Waals surface area contributed by atoms with E-state index >= 15 is 0 Å². The first-order valence-corrected chi connectivity index (χ1v) is 10.6. The highest BCUT2D eigenvalue weighted by atomic mass is 19.4. The fourth-order valence-corrected chi connectivity index (χ4v) is 4.31. The number of alkyl halides is 3. The number of hydrogen-bond acceptors (Lipinski definition) is 6. The number of nitrogens with zero attached hydrogens (tertiary/aromatic N) is 3. The van der Waals surface area contributed by atoms with Crippen LogP contribution in [0.25, 0.3) is 0 Å². The Morgan fingerprint density at radius 3 is 2.52 bits per heavy atom. The summed E-state index contributed by atoms with van der Waals surface area (Å²) in [6.45, 7) is 3.53. The molecule has 2 fully saturated rings. The van der Waals surface area contributed by atoms with Gasteiger partial charge in [-0.2, -0.15) is 18.3 Å². The molecule has 0 atom stereocenters. The smallest absolute Gasteiger partial charge is 0.387 e. The number of halogens is 4. The Morgan fingerprint density at radius 2 is 1.94 bits per heavy atom. The number of ether oxygens (including phenoxy) is 1. The summed E-state index contributed by atoms with van der Waals surface area (Å²) in [5, 5.41) is 6.43. The Hall–Kier alpha value is -2.20. The topological polar surface area (TPSA) is 75.8 Å². The van der Waals surface area contributed by atoms with Gasteiger partial charge in [0.25, 0.3) is 0 Å². The summed E-state index contributed by atoms with van der Waals surface area (Å²) in [7, 11) is 1.60. The Bertz CT molecular complexity index is 797. The summed E-state index contributed by atoms with van der Waals surface area (Å²) in [6, 6.07) is 1.91. The third-order valence-electron chi connectivity index (χ3n) is 6.05. The molecule has 0 amide bonds. The predicted molar refractivity (Wildman–Crippen MR) is 110 cm³/mol. The molecule has 1 aliphatic carbocycles. The fourth-order valence-electron chi connectivity index (χ4n) is 4.31. The number of nitrogens with two attached hydrogens (primary N) is 1. The molecule has 0 radical (unpaired) electrons. The van der Waals surface area contributed by atoms with Crippen LogP contribution in [0.2, 0.25) is 0 Å². The van der Waals surface area contributed by atoms with Crippen molar-refractivity contribution in [3.05, 3.63) is 41.1 Å². The van der Waals surface area contributed by atoms with Crippen LogP contribution in [0.4, 0.5) is 17.6 Å². The lowest BCUT2D eigenvalue weighted by Crippen LogP contribution is -2.45. The van der Waals surface area contributed by atoms with E-state index in [2.05, 4.69) is 20.3 Å². The van der Waals surface area contributed by atoms with Gasteiger partial charge in [-0.1, -0.05) is 6.08 Å². The number of rotatable bonds is 6. The van der Waals surface area contributed by atoms with Crippen LogP contribution in [-0.2, 0) is 10.9 Å². The molecule has 10 heteroatoms. The van der Waals surface area contributed by atoms with Gasteiger partial charge in [0.15, 0.2) is 5.82 Å². The van der Waals surface area contributed by atoms with Gasteiger partial charge >= 0.3 is 6.18 Å². The Kier molecular flexibility index (Phi) is 7.88. The number of pyridine rings is 1. The number of likely N-dealkylation sites (N-methyl/N-ethyl adjacent to an activating group) is 1. The summed E-state index contributed by atoms with van der Waals surface area (Å²) in [6.07, 6.45) is 2.16. The fraction of sp³-hybridized carbons (Fsp3) is 0.619. The van der Waals surface area contributed by atoms with Crippen molar-refractivity contribution >= 4 is 5.71 Å². The molecule has 31 heavy (non-hydrogen) atoms. The van der Waals surface area contributed by atoms with Gasteiger partial charge in [-0.25, -0.2) is 9.37 Å². The van der Waals surface area contributed by atoms with Gasteiger partial charge in [-0.3, -0.25) is 4.90 Å². The van der Waals surface area contributed by atoms with E-state index in [-0.39, 0.29) is 5.71 Å². The zero-order chi connectivity index (χ0) is 22.4. The Morgan fingerprint density at radius 1 is 1.26 bits per heavy atom. The van der Waals surface area contributed by atoms with Crippen LogP contribution in [0.1, 0.15) is 43.5 Å². The highest BCUT2D eigenvalue weighted by molar-refractivity contribution is 6.11. The molecule has 0 bridgehead atoms. The number of hydrazone groups is 1. The molecule has 1 aromatic rings. The van der Waals surface area contributed by atoms with Crippen LogP contribution in [0.3, 0.4) is 0 Å². The van der Waals surface area contributed by atoms with Crippen LogP contribution >= 0.6 is 0 Å². The van der Waals surface area contributed by atoms with Crippen LogP contribution in [0.15, 0.2) is 29.0 Å². The zero-order valence-electron chi connectivity index (χ0n) is 17.6. The minimum absolute atomic E-state index is 0.131. The van der Waals surface area contributed by atoms with E-state index in [0.717, 1.165) is 58.1 Å². The first-order chi connectivity index (χ1) is 14.8. The normalized spacial score (nSPS) is 24.3. The monoisotopic (exact) mass is 443 g/mol. The molecule has 0 aromatic carbocycles. The van der Waals surface area contributed by atoms with Gasteiger partial charge in [-0.05, 0) is 50.2 Å². The average molecular weight is 443 g/mol. The first kappa shape index (κ1) is 23.5. The minimum Gasteiger partial charge on any atom is -0.387 e. The van der Waals surface area contributed by atoms with Crippen molar-refractivity contribution in [3.8, 4) is 0 Å². The van der Waals surface area contributed by atoms with Crippen molar-refractivity contribution in [2.45, 2.75) is 44.3 Å². The largest absolute Gasteiger partial charge is 0.433 e. The van der Waals surface area contributed by atoms with Gasteiger partial charge in [-0.15, -0.1) is 0 Å². The van der Waals surface area contributed by atoms with E-state index in [9.17, 15) is 17.6 Å². The second kappa shape index (κ2) is 10.4. The van der Waals surface area contributed by atoms with Crippen LogP contribution in [0, 0.1) is 11.7 Å². The maximum Gasteiger partial charge on any atom is 0.433 e. The number of allylic oxidation sites excluding steroid dienone is 2. The minimum atomic E-state index is -4.69. The SMILES string of the molecule is CNC(=C/CC1CCC(N2CCOCC2)CC1)/C(=N\N)c1nc(C(F)(F)F)ccc1F. The number of aromatic nitrogens is 1. The maximum absolute atomic E-state index is 14.3. The van der Waals surface area contributed by atoms with E-state index in [1.807, 2.05) is 6.08 Å². The summed E-state index contributed by atoms with van der Waals surface area (Å²) < 4.78 is 58.7. The van der Waals surface area contributed by atoms with Crippen molar-refractivity contribution in [2.75, 3.05) is 33.4 Å². The molecule has 172 valence electrons. The van der Waals surface area contributed by atoms with Gasteiger partial charge in [0.05, 0.1) is 18.9 Å². The van der Waals surface area contributed by atoms with Crippen LogP contribution < -0.4 is 11.2 Å². The summed E-state index contributed by atoms with van der Waals surface area (Å²) in [5.74, 6) is 4.95. The van der Waals surface area contributed by atoms with E-state index in [1.54, 1.807) is 7.05 Å². The number of nitrogens with one attached hydrogen (secondary N) is 1. The maximum atomic E-state index is 14.3. The molecule has 0 spiro atoms. The van der Waals surface area contributed by atoms with E-state index < -0.39 is 23.4 Å². The second-order valence-corrected chi connectivity index (χ2v) is 7.93. The molecule has 6 nitrogen and oxygen atoms in total. The van der Waals surface area contributed by atoms with Gasteiger partial charge < -0.3 is 15.9 Å². The van der Waals surface area contributed by atoms with Gasteiger partial charge in [0, 0.05) is 26.2 Å². The molecule has 0 unspecified atom stereocenters. The Labute approximate surface area is 179 Å². The molecule has 1 saturated heterocycles. The molecule has 3 N–H and O–H groups in total. The summed E-state index contributed by atoms with van der Waals surface area (Å²) in [4.78, 5) is 5.93. The van der Waals surface area contributed by atoms with Crippen molar-refractivity contribution < 1.29 is 22.3 Å². The lowest BCUT2D eigenvalue weighted by atomic mass is 9.83. The Balaban J connectivity index is 1.67. The van der Waals surface area contributed by atoms with E-state index in [0.29, 0.717) is 30.1 Å². The third-order valence-corrected chi connectivity index (χ3v) is 6.05. The van der Waals surface area contributed by atoms with Crippen molar-refractivity contribution in [2.24, 2.45) is 16.9 Å².